The van der Waals surface area contributed by atoms with Crippen LogP contribution in [-0.2, 0) is 19.1 Å². The Labute approximate surface area is 126 Å². The molecule has 6 nitrogen and oxygen atoms in total. The van der Waals surface area contributed by atoms with Gasteiger partial charge in [0.1, 0.15) is 0 Å². The first-order chi connectivity index (χ1) is 9.66. The summed E-state index contributed by atoms with van der Waals surface area (Å²) in [5.41, 5.74) is -0.457. The van der Waals surface area contributed by atoms with Crippen molar-refractivity contribution in [3.63, 3.8) is 0 Å². The summed E-state index contributed by atoms with van der Waals surface area (Å²) in [6, 6.07) is 0. The second kappa shape index (κ2) is 6.91. The first kappa shape index (κ1) is 17.5. The van der Waals surface area contributed by atoms with Crippen molar-refractivity contribution in [3.8, 4) is 0 Å². The Balaban J connectivity index is 2.41. The Morgan fingerprint density at radius 1 is 1.24 bits per heavy atom. The lowest BCUT2D eigenvalue weighted by molar-refractivity contribution is -0.146. The van der Waals surface area contributed by atoms with Crippen molar-refractivity contribution in [2.24, 2.45) is 17.3 Å². The van der Waals surface area contributed by atoms with Crippen LogP contribution in [0.5, 0.6) is 0 Å². The quantitative estimate of drug-likeness (QED) is 0.779. The van der Waals surface area contributed by atoms with E-state index in [0.29, 0.717) is 19.6 Å². The monoisotopic (exact) mass is 298 g/mol. The zero-order valence-electron chi connectivity index (χ0n) is 13.6. The minimum Gasteiger partial charge on any atom is -0.469 e. The number of carbonyl (C=O) groups excluding carboxylic acids is 3. The molecule has 1 saturated heterocycles. The average molecular weight is 298 g/mol. The number of rotatable bonds is 4. The van der Waals surface area contributed by atoms with Gasteiger partial charge in [-0.3, -0.25) is 14.4 Å². The van der Waals surface area contributed by atoms with E-state index in [1.807, 2.05) is 27.7 Å². The molecule has 2 amide bonds. The van der Waals surface area contributed by atoms with Gasteiger partial charge in [-0.05, 0) is 5.92 Å². The lowest BCUT2D eigenvalue weighted by Gasteiger charge is -2.19. The largest absolute Gasteiger partial charge is 0.469 e. The maximum atomic E-state index is 12.1. The molecule has 1 aliphatic heterocycles. The third-order valence-electron chi connectivity index (χ3n) is 3.77. The van der Waals surface area contributed by atoms with E-state index in [0.717, 1.165) is 0 Å². The number of carbonyl (C=O) groups is 3. The van der Waals surface area contributed by atoms with Crippen molar-refractivity contribution < 1.29 is 19.1 Å². The van der Waals surface area contributed by atoms with E-state index in [4.69, 9.17) is 4.74 Å². The highest BCUT2D eigenvalue weighted by Gasteiger charge is 2.37. The molecule has 120 valence electrons. The van der Waals surface area contributed by atoms with Crippen LogP contribution in [-0.4, -0.2) is 49.4 Å². The zero-order valence-corrected chi connectivity index (χ0v) is 13.6. The van der Waals surface area contributed by atoms with Crippen LogP contribution in [0.3, 0.4) is 0 Å². The van der Waals surface area contributed by atoms with Gasteiger partial charge in [0.2, 0.25) is 11.8 Å². The predicted molar refractivity (Wildman–Crippen MR) is 78.3 cm³/mol. The van der Waals surface area contributed by atoms with Gasteiger partial charge in [0.15, 0.2) is 0 Å². The molecule has 2 unspecified atom stereocenters. The summed E-state index contributed by atoms with van der Waals surface area (Å²) in [6.07, 6.45) is 0.252. The van der Waals surface area contributed by atoms with Crippen molar-refractivity contribution in [1.82, 2.24) is 10.2 Å². The molecule has 0 radical (unpaired) electrons. The van der Waals surface area contributed by atoms with E-state index >= 15 is 0 Å². The Hall–Kier alpha value is -1.59. The molecular weight excluding hydrogens is 272 g/mol. The van der Waals surface area contributed by atoms with Crippen molar-refractivity contribution in [3.05, 3.63) is 0 Å². The van der Waals surface area contributed by atoms with Gasteiger partial charge in [-0.2, -0.15) is 0 Å². The predicted octanol–water partition coefficient (Wildman–Crippen LogP) is 0.806. The van der Waals surface area contributed by atoms with Crippen LogP contribution in [0.4, 0.5) is 0 Å². The molecule has 1 N–H and O–H groups in total. The second-order valence-corrected chi connectivity index (χ2v) is 6.66. The van der Waals surface area contributed by atoms with Crippen LogP contribution >= 0.6 is 0 Å². The number of esters is 1. The van der Waals surface area contributed by atoms with Gasteiger partial charge in [-0.25, -0.2) is 0 Å². The summed E-state index contributed by atoms with van der Waals surface area (Å²) < 4.78 is 4.75. The Morgan fingerprint density at radius 2 is 1.86 bits per heavy atom. The molecule has 0 aromatic rings. The second-order valence-electron chi connectivity index (χ2n) is 6.66. The summed E-state index contributed by atoms with van der Waals surface area (Å²) in [7, 11) is 1.36. The summed E-state index contributed by atoms with van der Waals surface area (Å²) in [6.45, 7) is 8.71. The van der Waals surface area contributed by atoms with E-state index in [-0.39, 0.29) is 36.0 Å². The zero-order chi connectivity index (χ0) is 16.2. The van der Waals surface area contributed by atoms with Gasteiger partial charge in [0.05, 0.1) is 13.0 Å². The van der Waals surface area contributed by atoms with Crippen LogP contribution in [0.25, 0.3) is 0 Å². The highest BCUT2D eigenvalue weighted by Crippen LogP contribution is 2.24. The topological polar surface area (TPSA) is 75.7 Å². The molecule has 0 saturated carbocycles. The molecule has 1 aliphatic rings. The molecule has 0 aliphatic carbocycles. The minimum absolute atomic E-state index is 0.0394. The fraction of sp³-hybridized carbons (Fsp3) is 0.800. The van der Waals surface area contributed by atoms with E-state index < -0.39 is 5.41 Å². The molecule has 0 bridgehead atoms. The fourth-order valence-corrected chi connectivity index (χ4v) is 2.33. The molecule has 6 heteroatoms. The number of amides is 2. The van der Waals surface area contributed by atoms with E-state index in [1.165, 1.54) is 7.11 Å². The van der Waals surface area contributed by atoms with Gasteiger partial charge in [-0.15, -0.1) is 0 Å². The number of nitrogens with one attached hydrogen (secondary N) is 1. The van der Waals surface area contributed by atoms with Gasteiger partial charge < -0.3 is 15.0 Å². The number of hydrogen-bond acceptors (Lipinski definition) is 4. The van der Waals surface area contributed by atoms with Crippen molar-refractivity contribution in [2.75, 3.05) is 26.7 Å². The van der Waals surface area contributed by atoms with Crippen LogP contribution in [0.1, 0.15) is 34.1 Å². The molecule has 21 heavy (non-hydrogen) atoms. The Kier molecular flexibility index (Phi) is 5.75. The van der Waals surface area contributed by atoms with Crippen molar-refractivity contribution in [1.29, 1.82) is 0 Å². The lowest BCUT2D eigenvalue weighted by Crippen LogP contribution is -2.38. The standard InChI is InChI=1S/C15H26N2O4/c1-10-8-17(9-11(10)13(19)21-5)12(18)6-7-16-14(20)15(2,3)4/h10-11H,6-9H2,1-5H3,(H,16,20). The summed E-state index contributed by atoms with van der Waals surface area (Å²) in [5, 5.41) is 2.76. The number of hydrogen-bond donors (Lipinski definition) is 1. The number of methoxy groups -OCH3 is 1. The molecule has 1 rings (SSSR count). The fourth-order valence-electron chi connectivity index (χ4n) is 2.33. The summed E-state index contributed by atoms with van der Waals surface area (Å²) in [5.74, 6) is -0.521. The van der Waals surface area contributed by atoms with E-state index in [9.17, 15) is 14.4 Å². The van der Waals surface area contributed by atoms with Crippen LogP contribution < -0.4 is 5.32 Å². The van der Waals surface area contributed by atoms with Gasteiger partial charge in [-0.1, -0.05) is 27.7 Å². The van der Waals surface area contributed by atoms with Crippen molar-refractivity contribution in [2.45, 2.75) is 34.1 Å². The molecule has 1 heterocycles. The highest BCUT2D eigenvalue weighted by atomic mass is 16.5. The van der Waals surface area contributed by atoms with Crippen molar-refractivity contribution >= 4 is 17.8 Å². The normalized spacial score (nSPS) is 22.0. The van der Waals surface area contributed by atoms with Gasteiger partial charge >= 0.3 is 5.97 Å². The first-order valence-corrected chi connectivity index (χ1v) is 7.30. The van der Waals surface area contributed by atoms with Gasteiger partial charge in [0, 0.05) is 31.5 Å². The third-order valence-corrected chi connectivity index (χ3v) is 3.77. The number of likely N-dealkylation sites (tertiary alicyclic amines) is 1. The highest BCUT2D eigenvalue weighted by molar-refractivity contribution is 5.83. The molecular formula is C15H26N2O4. The van der Waals surface area contributed by atoms with E-state index in [2.05, 4.69) is 5.32 Å². The van der Waals surface area contributed by atoms with Crippen LogP contribution in [0.15, 0.2) is 0 Å². The third kappa shape index (κ3) is 4.72. The van der Waals surface area contributed by atoms with Gasteiger partial charge in [0.25, 0.3) is 0 Å². The number of nitrogens with zero attached hydrogens (tertiary/aromatic N) is 1. The maximum Gasteiger partial charge on any atom is 0.310 e. The molecule has 0 aromatic heterocycles. The lowest BCUT2D eigenvalue weighted by atomic mass is 9.96. The average Bonchev–Trinajstić information content (AvgIpc) is 2.78. The molecule has 2 atom stereocenters. The van der Waals surface area contributed by atoms with E-state index in [1.54, 1.807) is 4.90 Å². The molecule has 0 spiro atoms. The summed E-state index contributed by atoms with van der Waals surface area (Å²) in [4.78, 5) is 37.1. The smallest absolute Gasteiger partial charge is 0.310 e. The Morgan fingerprint density at radius 3 is 2.38 bits per heavy atom. The number of ether oxygens (including phenoxy) is 1. The first-order valence-electron chi connectivity index (χ1n) is 7.30. The minimum atomic E-state index is -0.457. The molecule has 0 aromatic carbocycles. The van der Waals surface area contributed by atoms with Crippen LogP contribution in [0.2, 0.25) is 0 Å². The SMILES string of the molecule is COC(=O)C1CN(C(=O)CCNC(=O)C(C)(C)C)CC1C. The summed E-state index contributed by atoms with van der Waals surface area (Å²) >= 11 is 0. The van der Waals surface area contributed by atoms with Crippen LogP contribution in [0, 0.1) is 17.3 Å². The maximum absolute atomic E-state index is 12.1. The molecule has 1 fully saturated rings. The Bertz CT molecular complexity index is 414.